The van der Waals surface area contributed by atoms with Crippen LogP contribution in [0, 0.1) is 5.92 Å². The predicted molar refractivity (Wildman–Crippen MR) is 55.2 cm³/mol. The minimum absolute atomic E-state index is 0.210. The molecule has 82 valence electrons. The quantitative estimate of drug-likeness (QED) is 0.694. The van der Waals surface area contributed by atoms with Crippen molar-refractivity contribution in [2.45, 2.75) is 50.9 Å². The number of aliphatic hydroxyl groups excluding tert-OH is 1. The molecule has 0 spiro atoms. The second-order valence-corrected chi connectivity index (χ2v) is 4.67. The molecule has 0 aromatic heterocycles. The molecule has 2 fully saturated rings. The zero-order valence-electron chi connectivity index (χ0n) is 8.91. The zero-order chi connectivity index (χ0) is 9.97. The molecular weight excluding hydrogens is 178 g/mol. The summed E-state index contributed by atoms with van der Waals surface area (Å²) in [6.07, 6.45) is 5.45. The topological polar surface area (TPSA) is 41.5 Å². The summed E-state index contributed by atoms with van der Waals surface area (Å²) in [5.74, 6) is 0.275. The fourth-order valence-corrected chi connectivity index (χ4v) is 2.44. The largest absolute Gasteiger partial charge is 0.391 e. The fourth-order valence-electron chi connectivity index (χ4n) is 2.44. The van der Waals surface area contributed by atoms with Gasteiger partial charge in [0.15, 0.2) is 0 Å². The van der Waals surface area contributed by atoms with Crippen LogP contribution in [0.1, 0.15) is 32.6 Å². The van der Waals surface area contributed by atoms with Gasteiger partial charge in [-0.25, -0.2) is 0 Å². The maximum Gasteiger partial charge on any atom is 0.0753 e. The number of β-amino-alcohol motifs (C(OH)–C–C–N with tert-alkyl or cyclic N) is 1. The van der Waals surface area contributed by atoms with E-state index in [-0.39, 0.29) is 18.1 Å². The summed E-state index contributed by atoms with van der Waals surface area (Å²) in [6, 6.07) is 0. The number of rotatable bonds is 2. The fraction of sp³-hybridized carbons (Fsp3) is 1.00. The van der Waals surface area contributed by atoms with Crippen LogP contribution in [0.4, 0.5) is 0 Å². The third-order valence-electron chi connectivity index (χ3n) is 3.56. The SMILES string of the molecule is C[C@H]1C(OC2CCCC2)CNC[C@@H]1O. The summed E-state index contributed by atoms with van der Waals surface area (Å²) in [6.45, 7) is 3.70. The lowest BCUT2D eigenvalue weighted by Crippen LogP contribution is -2.50. The third kappa shape index (κ3) is 2.27. The Kier molecular flexibility index (Phi) is 3.42. The average molecular weight is 199 g/mol. The second kappa shape index (κ2) is 4.60. The summed E-state index contributed by atoms with van der Waals surface area (Å²) in [5.41, 5.74) is 0. The molecular formula is C11H21NO2. The maximum atomic E-state index is 9.68. The van der Waals surface area contributed by atoms with E-state index in [1.165, 1.54) is 25.7 Å². The minimum atomic E-state index is -0.241. The van der Waals surface area contributed by atoms with E-state index < -0.39 is 0 Å². The highest BCUT2D eigenvalue weighted by molar-refractivity contribution is 4.84. The molecule has 1 saturated carbocycles. The standard InChI is InChI=1S/C11H21NO2/c1-8-10(13)6-12-7-11(8)14-9-4-2-3-5-9/h8-13H,2-7H2,1H3/t8-,10+,11?/m1/s1. The molecule has 1 unspecified atom stereocenters. The van der Waals surface area contributed by atoms with Gasteiger partial charge in [0.25, 0.3) is 0 Å². The Hall–Kier alpha value is -0.120. The summed E-state index contributed by atoms with van der Waals surface area (Å²) in [7, 11) is 0. The van der Waals surface area contributed by atoms with Crippen LogP contribution in [0.2, 0.25) is 0 Å². The predicted octanol–water partition coefficient (Wildman–Crippen LogP) is 0.914. The van der Waals surface area contributed by atoms with Gasteiger partial charge in [0.1, 0.15) is 0 Å². The van der Waals surface area contributed by atoms with E-state index in [1.54, 1.807) is 0 Å². The third-order valence-corrected chi connectivity index (χ3v) is 3.56. The van der Waals surface area contributed by atoms with Crippen molar-refractivity contribution in [3.63, 3.8) is 0 Å². The van der Waals surface area contributed by atoms with Crippen LogP contribution in [0.3, 0.4) is 0 Å². The van der Waals surface area contributed by atoms with Crippen molar-refractivity contribution < 1.29 is 9.84 Å². The summed E-state index contributed by atoms with van der Waals surface area (Å²) in [5, 5.41) is 12.9. The first-order valence-corrected chi connectivity index (χ1v) is 5.81. The lowest BCUT2D eigenvalue weighted by atomic mass is 9.94. The van der Waals surface area contributed by atoms with E-state index in [1.807, 2.05) is 0 Å². The monoisotopic (exact) mass is 199 g/mol. The van der Waals surface area contributed by atoms with E-state index in [0.717, 1.165) is 6.54 Å². The lowest BCUT2D eigenvalue weighted by molar-refractivity contribution is -0.0802. The zero-order valence-corrected chi connectivity index (χ0v) is 8.91. The first-order valence-electron chi connectivity index (χ1n) is 5.81. The average Bonchev–Trinajstić information content (AvgIpc) is 2.66. The maximum absolute atomic E-state index is 9.68. The number of hydrogen-bond donors (Lipinski definition) is 2. The van der Waals surface area contributed by atoms with Crippen LogP contribution >= 0.6 is 0 Å². The Morgan fingerprint density at radius 1 is 1.21 bits per heavy atom. The van der Waals surface area contributed by atoms with Crippen molar-refractivity contribution in [2.75, 3.05) is 13.1 Å². The van der Waals surface area contributed by atoms with Crippen LogP contribution in [0.5, 0.6) is 0 Å². The number of piperidine rings is 1. The van der Waals surface area contributed by atoms with E-state index in [0.29, 0.717) is 12.6 Å². The van der Waals surface area contributed by atoms with Gasteiger partial charge in [-0.2, -0.15) is 0 Å². The normalized spacial score (nSPS) is 40.3. The van der Waals surface area contributed by atoms with Gasteiger partial charge in [-0.1, -0.05) is 19.8 Å². The van der Waals surface area contributed by atoms with E-state index >= 15 is 0 Å². The molecule has 0 aromatic rings. The van der Waals surface area contributed by atoms with E-state index in [4.69, 9.17) is 4.74 Å². The molecule has 0 amide bonds. The molecule has 2 rings (SSSR count). The van der Waals surface area contributed by atoms with Crippen LogP contribution in [-0.2, 0) is 4.74 Å². The minimum Gasteiger partial charge on any atom is -0.391 e. The molecule has 3 atom stereocenters. The van der Waals surface area contributed by atoms with Crippen LogP contribution in [-0.4, -0.2) is 36.5 Å². The van der Waals surface area contributed by atoms with Crippen molar-refractivity contribution in [1.82, 2.24) is 5.32 Å². The second-order valence-electron chi connectivity index (χ2n) is 4.67. The lowest BCUT2D eigenvalue weighted by Gasteiger charge is -2.35. The Balaban J connectivity index is 1.83. The Morgan fingerprint density at radius 3 is 2.64 bits per heavy atom. The smallest absolute Gasteiger partial charge is 0.0753 e. The molecule has 3 nitrogen and oxygen atoms in total. The van der Waals surface area contributed by atoms with Gasteiger partial charge < -0.3 is 15.2 Å². The summed E-state index contributed by atoms with van der Waals surface area (Å²) in [4.78, 5) is 0. The van der Waals surface area contributed by atoms with E-state index in [2.05, 4.69) is 12.2 Å². The molecule has 3 heteroatoms. The first kappa shape index (κ1) is 10.4. The van der Waals surface area contributed by atoms with Crippen molar-refractivity contribution in [1.29, 1.82) is 0 Å². The molecule has 1 aliphatic carbocycles. The Morgan fingerprint density at radius 2 is 1.93 bits per heavy atom. The highest BCUT2D eigenvalue weighted by Crippen LogP contribution is 2.25. The Bertz CT molecular complexity index is 180. The van der Waals surface area contributed by atoms with Crippen molar-refractivity contribution in [3.8, 4) is 0 Å². The van der Waals surface area contributed by atoms with Crippen molar-refractivity contribution in [2.24, 2.45) is 5.92 Å². The van der Waals surface area contributed by atoms with Crippen LogP contribution < -0.4 is 5.32 Å². The molecule has 0 bridgehead atoms. The van der Waals surface area contributed by atoms with Gasteiger partial charge in [0.05, 0.1) is 18.3 Å². The van der Waals surface area contributed by atoms with Gasteiger partial charge in [0.2, 0.25) is 0 Å². The first-order chi connectivity index (χ1) is 6.77. The van der Waals surface area contributed by atoms with Gasteiger partial charge in [-0.15, -0.1) is 0 Å². The highest BCUT2D eigenvalue weighted by Gasteiger charge is 2.31. The van der Waals surface area contributed by atoms with Crippen molar-refractivity contribution >= 4 is 0 Å². The molecule has 0 radical (unpaired) electrons. The van der Waals surface area contributed by atoms with Gasteiger partial charge >= 0.3 is 0 Å². The number of nitrogens with one attached hydrogen (secondary N) is 1. The molecule has 1 heterocycles. The van der Waals surface area contributed by atoms with Gasteiger partial charge in [-0.05, 0) is 12.8 Å². The molecule has 1 saturated heterocycles. The molecule has 0 aromatic carbocycles. The number of ether oxygens (including phenoxy) is 1. The molecule has 14 heavy (non-hydrogen) atoms. The van der Waals surface area contributed by atoms with Gasteiger partial charge in [-0.3, -0.25) is 0 Å². The van der Waals surface area contributed by atoms with Crippen molar-refractivity contribution in [3.05, 3.63) is 0 Å². The number of hydrogen-bond acceptors (Lipinski definition) is 3. The van der Waals surface area contributed by atoms with Crippen LogP contribution in [0.15, 0.2) is 0 Å². The molecule has 1 aliphatic heterocycles. The number of aliphatic hydroxyl groups is 1. The van der Waals surface area contributed by atoms with Crippen LogP contribution in [0.25, 0.3) is 0 Å². The van der Waals surface area contributed by atoms with E-state index in [9.17, 15) is 5.11 Å². The molecule has 2 aliphatic rings. The molecule has 2 N–H and O–H groups in total. The Labute approximate surface area is 85.8 Å². The summed E-state index contributed by atoms with van der Waals surface area (Å²) < 4.78 is 6.01. The highest BCUT2D eigenvalue weighted by atomic mass is 16.5. The summed E-state index contributed by atoms with van der Waals surface area (Å²) >= 11 is 0. The van der Waals surface area contributed by atoms with Gasteiger partial charge in [0, 0.05) is 19.0 Å².